The highest BCUT2D eigenvalue weighted by molar-refractivity contribution is 5.94. The number of carboxylic acid groups (broad SMARTS) is 1. The Labute approximate surface area is 88.5 Å². The predicted molar refractivity (Wildman–Crippen MR) is 59.1 cm³/mol. The third kappa shape index (κ3) is 2.37. The molecule has 0 amide bonds. The Hall–Kier alpha value is -1.78. The van der Waals surface area contributed by atoms with Crippen molar-refractivity contribution in [2.24, 2.45) is 0 Å². The number of hydrogen-bond acceptors (Lipinski definition) is 4. The Bertz CT molecular complexity index is 377. The molecule has 0 atom stereocenters. The predicted octanol–water partition coefficient (Wildman–Crippen LogP) is 1.21. The molecule has 82 valence electrons. The molecule has 15 heavy (non-hydrogen) atoms. The first-order chi connectivity index (χ1) is 6.93. The van der Waals surface area contributed by atoms with Crippen LogP contribution in [0.15, 0.2) is 12.3 Å². The number of pyridine rings is 1. The molecule has 1 heterocycles. The van der Waals surface area contributed by atoms with E-state index in [-0.39, 0.29) is 11.6 Å². The number of hydrogen-bond donors (Lipinski definition) is 2. The van der Waals surface area contributed by atoms with Crippen LogP contribution in [0.3, 0.4) is 0 Å². The zero-order valence-electron chi connectivity index (χ0n) is 9.06. The van der Waals surface area contributed by atoms with E-state index in [1.54, 1.807) is 11.9 Å². The van der Waals surface area contributed by atoms with Gasteiger partial charge in [0.2, 0.25) is 0 Å². The zero-order chi connectivity index (χ0) is 11.6. The molecule has 0 unspecified atom stereocenters. The van der Waals surface area contributed by atoms with Gasteiger partial charge in [0.25, 0.3) is 0 Å². The maximum atomic E-state index is 11.0. The first-order valence-corrected chi connectivity index (χ1v) is 4.65. The second-order valence-electron chi connectivity index (χ2n) is 3.65. The third-order valence-electron chi connectivity index (χ3n) is 2.23. The zero-order valence-corrected chi connectivity index (χ0v) is 9.06. The van der Waals surface area contributed by atoms with Gasteiger partial charge < -0.3 is 15.7 Å². The highest BCUT2D eigenvalue weighted by Gasteiger charge is 2.16. The Balaban J connectivity index is 3.22. The Morgan fingerprint density at radius 2 is 2.20 bits per heavy atom. The summed E-state index contributed by atoms with van der Waals surface area (Å²) in [5.74, 6) is -0.580. The van der Waals surface area contributed by atoms with Gasteiger partial charge in [-0.3, -0.25) is 0 Å². The van der Waals surface area contributed by atoms with E-state index in [9.17, 15) is 4.79 Å². The molecule has 0 radical (unpaired) electrons. The summed E-state index contributed by atoms with van der Waals surface area (Å²) in [6, 6.07) is 1.60. The Morgan fingerprint density at radius 3 is 2.67 bits per heavy atom. The van der Waals surface area contributed by atoms with Crippen molar-refractivity contribution in [3.05, 3.63) is 17.8 Å². The van der Waals surface area contributed by atoms with Crippen LogP contribution in [0.1, 0.15) is 24.2 Å². The number of aromatic nitrogens is 1. The van der Waals surface area contributed by atoms with Crippen LogP contribution in [0.4, 0.5) is 11.5 Å². The van der Waals surface area contributed by atoms with Crippen LogP contribution in [-0.4, -0.2) is 29.1 Å². The van der Waals surface area contributed by atoms with Crippen LogP contribution in [0.5, 0.6) is 0 Å². The summed E-state index contributed by atoms with van der Waals surface area (Å²) in [5, 5.41) is 9.00. The topological polar surface area (TPSA) is 79.5 Å². The minimum atomic E-state index is -1.02. The lowest BCUT2D eigenvalue weighted by molar-refractivity contribution is 0.0697. The summed E-state index contributed by atoms with van der Waals surface area (Å²) in [4.78, 5) is 16.8. The van der Waals surface area contributed by atoms with Gasteiger partial charge in [-0.05, 0) is 19.9 Å². The van der Waals surface area contributed by atoms with Crippen molar-refractivity contribution in [3.8, 4) is 0 Å². The van der Waals surface area contributed by atoms with E-state index in [1.165, 1.54) is 12.3 Å². The van der Waals surface area contributed by atoms with Gasteiger partial charge in [0.05, 0.1) is 11.9 Å². The van der Waals surface area contributed by atoms with Crippen LogP contribution < -0.4 is 10.6 Å². The quantitative estimate of drug-likeness (QED) is 0.782. The molecular weight excluding hydrogens is 194 g/mol. The van der Waals surface area contributed by atoms with Crippen molar-refractivity contribution in [3.63, 3.8) is 0 Å². The number of anilines is 2. The summed E-state index contributed by atoms with van der Waals surface area (Å²) in [7, 11) is 1.80. The second-order valence-corrected chi connectivity index (χ2v) is 3.65. The van der Waals surface area contributed by atoms with Gasteiger partial charge >= 0.3 is 5.97 Å². The maximum absolute atomic E-state index is 11.0. The molecule has 3 N–H and O–H groups in total. The number of nitrogens with zero attached hydrogens (tertiary/aromatic N) is 2. The second kappa shape index (κ2) is 4.16. The highest BCUT2D eigenvalue weighted by Crippen LogP contribution is 2.20. The van der Waals surface area contributed by atoms with Crippen LogP contribution in [0.2, 0.25) is 0 Å². The molecule has 0 aliphatic rings. The van der Waals surface area contributed by atoms with Crippen molar-refractivity contribution in [2.75, 3.05) is 17.7 Å². The summed E-state index contributed by atoms with van der Waals surface area (Å²) >= 11 is 0. The largest absolute Gasteiger partial charge is 0.478 e. The monoisotopic (exact) mass is 209 g/mol. The number of aromatic carboxylic acids is 1. The summed E-state index contributed by atoms with van der Waals surface area (Å²) in [6.07, 6.45) is 1.46. The average molecular weight is 209 g/mol. The Kier molecular flexibility index (Phi) is 3.14. The first-order valence-electron chi connectivity index (χ1n) is 4.65. The fraction of sp³-hybridized carbons (Fsp3) is 0.400. The van der Waals surface area contributed by atoms with E-state index in [1.807, 2.05) is 13.8 Å². The molecule has 1 rings (SSSR count). The molecule has 1 aromatic heterocycles. The summed E-state index contributed by atoms with van der Waals surface area (Å²) < 4.78 is 0. The van der Waals surface area contributed by atoms with Crippen molar-refractivity contribution in [1.29, 1.82) is 0 Å². The molecule has 0 bridgehead atoms. The SMILES string of the molecule is CC(C)N(C)c1ncc(N)cc1C(=O)O. The smallest absolute Gasteiger partial charge is 0.339 e. The van der Waals surface area contributed by atoms with Crippen LogP contribution in [-0.2, 0) is 0 Å². The molecule has 5 nitrogen and oxygen atoms in total. The normalized spacial score (nSPS) is 10.4. The van der Waals surface area contributed by atoms with E-state index in [4.69, 9.17) is 10.8 Å². The van der Waals surface area contributed by atoms with Gasteiger partial charge in [-0.15, -0.1) is 0 Å². The highest BCUT2D eigenvalue weighted by atomic mass is 16.4. The van der Waals surface area contributed by atoms with Gasteiger partial charge in [-0.2, -0.15) is 0 Å². The molecule has 0 saturated carbocycles. The van der Waals surface area contributed by atoms with E-state index in [0.717, 1.165) is 0 Å². The van der Waals surface area contributed by atoms with Gasteiger partial charge in [0.15, 0.2) is 0 Å². The number of rotatable bonds is 3. The number of carboxylic acids is 1. The van der Waals surface area contributed by atoms with Crippen molar-refractivity contribution < 1.29 is 9.90 Å². The molecule has 0 aromatic carbocycles. The van der Waals surface area contributed by atoms with E-state index < -0.39 is 5.97 Å². The van der Waals surface area contributed by atoms with E-state index in [2.05, 4.69) is 4.98 Å². The lowest BCUT2D eigenvalue weighted by atomic mass is 10.2. The van der Waals surface area contributed by atoms with Crippen LogP contribution in [0, 0.1) is 0 Å². The lowest BCUT2D eigenvalue weighted by Gasteiger charge is -2.23. The van der Waals surface area contributed by atoms with Gasteiger partial charge in [0, 0.05) is 13.1 Å². The number of nitrogens with two attached hydrogens (primary N) is 1. The maximum Gasteiger partial charge on any atom is 0.339 e. The third-order valence-corrected chi connectivity index (χ3v) is 2.23. The molecule has 0 aliphatic heterocycles. The molecule has 5 heteroatoms. The molecule has 0 fully saturated rings. The van der Waals surface area contributed by atoms with Crippen molar-refractivity contribution >= 4 is 17.5 Å². The van der Waals surface area contributed by atoms with Crippen LogP contribution >= 0.6 is 0 Å². The van der Waals surface area contributed by atoms with Crippen molar-refractivity contribution in [2.45, 2.75) is 19.9 Å². The summed E-state index contributed by atoms with van der Waals surface area (Å²) in [6.45, 7) is 3.92. The van der Waals surface area contributed by atoms with Gasteiger partial charge in [-0.1, -0.05) is 0 Å². The van der Waals surface area contributed by atoms with E-state index >= 15 is 0 Å². The minimum Gasteiger partial charge on any atom is -0.478 e. The fourth-order valence-electron chi connectivity index (χ4n) is 1.16. The van der Waals surface area contributed by atoms with Crippen molar-refractivity contribution in [1.82, 2.24) is 4.98 Å². The lowest BCUT2D eigenvalue weighted by Crippen LogP contribution is -2.28. The first kappa shape index (κ1) is 11.3. The Morgan fingerprint density at radius 1 is 1.60 bits per heavy atom. The minimum absolute atomic E-state index is 0.131. The van der Waals surface area contributed by atoms with Gasteiger partial charge in [0.1, 0.15) is 11.4 Å². The van der Waals surface area contributed by atoms with Crippen LogP contribution in [0.25, 0.3) is 0 Å². The molecule has 1 aromatic rings. The van der Waals surface area contributed by atoms with Gasteiger partial charge in [-0.25, -0.2) is 9.78 Å². The standard InChI is InChI=1S/C10H15N3O2/c1-6(2)13(3)9-8(10(14)15)4-7(11)5-12-9/h4-6H,11H2,1-3H3,(H,14,15). The fourth-order valence-corrected chi connectivity index (χ4v) is 1.16. The molecule has 0 saturated heterocycles. The molecular formula is C10H15N3O2. The number of nitrogen functional groups attached to an aromatic ring is 1. The molecule has 0 aliphatic carbocycles. The number of carbonyl (C=O) groups is 1. The summed E-state index contributed by atoms with van der Waals surface area (Å²) in [5.41, 5.74) is 5.98. The average Bonchev–Trinajstić information content (AvgIpc) is 2.16. The molecule has 0 spiro atoms. The van der Waals surface area contributed by atoms with E-state index in [0.29, 0.717) is 11.5 Å².